The highest BCUT2D eigenvalue weighted by Crippen LogP contribution is 2.33. The van der Waals surface area contributed by atoms with E-state index < -0.39 is 0 Å². The summed E-state index contributed by atoms with van der Waals surface area (Å²) in [4.78, 5) is 13.1. The molecule has 1 heterocycles. The van der Waals surface area contributed by atoms with Gasteiger partial charge in [0.05, 0.1) is 6.04 Å². The van der Waals surface area contributed by atoms with Gasteiger partial charge in [-0.15, -0.1) is 0 Å². The smallest absolute Gasteiger partial charge is 0.267 e. The van der Waals surface area contributed by atoms with Crippen LogP contribution >= 0.6 is 0 Å². The average molecular weight is 472 g/mol. The number of benzene rings is 3. The summed E-state index contributed by atoms with van der Waals surface area (Å²) in [6.45, 7) is 3.40. The second kappa shape index (κ2) is 12.3. The van der Waals surface area contributed by atoms with E-state index in [0.29, 0.717) is 30.8 Å². The number of rotatable bonds is 11. The first-order valence-electron chi connectivity index (χ1n) is 12.6. The molecule has 5 heteroatoms. The lowest BCUT2D eigenvalue weighted by atomic mass is 9.88. The van der Waals surface area contributed by atoms with Crippen LogP contribution < -0.4 is 5.32 Å². The number of carbonyl (C=O) groups is 1. The molecule has 35 heavy (non-hydrogen) atoms. The van der Waals surface area contributed by atoms with Gasteiger partial charge < -0.3 is 5.32 Å². The molecule has 4 nitrogen and oxygen atoms in total. The number of hydrazone groups is 1. The van der Waals surface area contributed by atoms with Gasteiger partial charge >= 0.3 is 0 Å². The topological polar surface area (TPSA) is 44.7 Å². The Balaban J connectivity index is 1.42. The van der Waals surface area contributed by atoms with Crippen LogP contribution in [0.5, 0.6) is 0 Å². The highest BCUT2D eigenvalue weighted by atomic mass is 19.1. The van der Waals surface area contributed by atoms with Gasteiger partial charge in [0.25, 0.3) is 5.91 Å². The number of carbonyl (C=O) groups excluding carboxylic acids is 1. The van der Waals surface area contributed by atoms with Gasteiger partial charge in [0, 0.05) is 31.0 Å². The standard InChI is InChI=1S/C30H34FN3O/c1-2-3-12-21-34-29(26-17-10-11-18-27(26)31)22-28(33-34)30(35)32-20-19-25(23-13-6-4-7-14-23)24-15-8-5-9-16-24/h4-11,13-18,25,29H,2-3,12,19-22H2,1H3,(H,32,35). The Hall–Kier alpha value is -3.47. The molecule has 0 radical (unpaired) electrons. The summed E-state index contributed by atoms with van der Waals surface area (Å²) in [5.74, 6) is -0.215. The van der Waals surface area contributed by atoms with Crippen LogP contribution in [0, 0.1) is 5.82 Å². The molecule has 1 aliphatic rings. The lowest BCUT2D eigenvalue weighted by Gasteiger charge is -2.24. The number of nitrogens with zero attached hydrogens (tertiary/aromatic N) is 2. The molecular formula is C30H34FN3O. The Morgan fingerprint density at radius 3 is 2.23 bits per heavy atom. The van der Waals surface area contributed by atoms with E-state index in [2.05, 4.69) is 41.6 Å². The van der Waals surface area contributed by atoms with Crippen molar-refractivity contribution in [1.29, 1.82) is 0 Å². The third-order valence-corrected chi connectivity index (χ3v) is 6.64. The van der Waals surface area contributed by atoms with Crippen molar-refractivity contribution in [3.05, 3.63) is 107 Å². The zero-order valence-electron chi connectivity index (χ0n) is 20.4. The monoisotopic (exact) mass is 471 g/mol. The summed E-state index contributed by atoms with van der Waals surface area (Å²) in [5.41, 5.74) is 3.54. The van der Waals surface area contributed by atoms with Gasteiger partial charge in [-0.05, 0) is 30.0 Å². The minimum atomic E-state index is -0.247. The number of halogens is 1. The number of hydrogen-bond donors (Lipinski definition) is 1. The van der Waals surface area contributed by atoms with E-state index in [1.165, 1.54) is 17.2 Å². The van der Waals surface area contributed by atoms with Gasteiger partial charge in [-0.3, -0.25) is 9.80 Å². The molecule has 3 aromatic rings. The SMILES string of the molecule is CCCCCN1N=C(C(=O)NCCC(c2ccccc2)c2ccccc2)CC1c1ccccc1F. The third kappa shape index (κ3) is 6.36. The fourth-order valence-corrected chi connectivity index (χ4v) is 4.77. The fraction of sp³-hybridized carbons (Fsp3) is 0.333. The summed E-state index contributed by atoms with van der Waals surface area (Å²) >= 11 is 0. The first kappa shape index (κ1) is 24.6. The van der Waals surface area contributed by atoms with Gasteiger partial charge in [-0.2, -0.15) is 5.10 Å². The van der Waals surface area contributed by atoms with Crippen LogP contribution in [-0.2, 0) is 4.79 Å². The molecule has 1 N–H and O–H groups in total. The molecule has 4 rings (SSSR count). The molecule has 0 aromatic heterocycles. The molecule has 3 aromatic carbocycles. The molecule has 0 aliphatic carbocycles. The maximum Gasteiger partial charge on any atom is 0.267 e. The Bertz CT molecular complexity index is 1080. The number of hydrogen-bond acceptors (Lipinski definition) is 3. The first-order chi connectivity index (χ1) is 17.2. The van der Waals surface area contributed by atoms with Crippen LogP contribution in [0.15, 0.2) is 90.0 Å². The van der Waals surface area contributed by atoms with Crippen molar-refractivity contribution in [2.75, 3.05) is 13.1 Å². The Morgan fingerprint density at radius 1 is 0.971 bits per heavy atom. The second-order valence-corrected chi connectivity index (χ2v) is 9.08. The van der Waals surface area contributed by atoms with E-state index in [0.717, 1.165) is 25.7 Å². The van der Waals surface area contributed by atoms with Gasteiger partial charge in [0.1, 0.15) is 11.5 Å². The van der Waals surface area contributed by atoms with Crippen LogP contribution in [0.25, 0.3) is 0 Å². The van der Waals surface area contributed by atoms with E-state index in [-0.39, 0.29) is 23.7 Å². The van der Waals surface area contributed by atoms with Gasteiger partial charge in [0.2, 0.25) is 0 Å². The van der Waals surface area contributed by atoms with E-state index >= 15 is 0 Å². The lowest BCUT2D eigenvalue weighted by molar-refractivity contribution is -0.114. The van der Waals surface area contributed by atoms with E-state index in [9.17, 15) is 9.18 Å². The van der Waals surface area contributed by atoms with Crippen molar-refractivity contribution >= 4 is 11.6 Å². The number of unbranched alkanes of at least 4 members (excludes halogenated alkanes) is 2. The molecule has 182 valence electrons. The van der Waals surface area contributed by atoms with Crippen molar-refractivity contribution in [3.8, 4) is 0 Å². The molecule has 0 saturated carbocycles. The van der Waals surface area contributed by atoms with Crippen molar-refractivity contribution < 1.29 is 9.18 Å². The predicted octanol–water partition coefficient (Wildman–Crippen LogP) is 6.46. The highest BCUT2D eigenvalue weighted by molar-refractivity contribution is 6.39. The number of nitrogens with one attached hydrogen (secondary N) is 1. The summed E-state index contributed by atoms with van der Waals surface area (Å²) < 4.78 is 14.6. The molecule has 0 saturated heterocycles. The van der Waals surface area contributed by atoms with Crippen LogP contribution in [-0.4, -0.2) is 29.7 Å². The summed E-state index contributed by atoms with van der Waals surface area (Å²) in [7, 11) is 0. The number of amides is 1. The highest BCUT2D eigenvalue weighted by Gasteiger charge is 2.32. The van der Waals surface area contributed by atoms with E-state index in [1.807, 2.05) is 47.5 Å². The molecule has 0 spiro atoms. The van der Waals surface area contributed by atoms with Gasteiger partial charge in [-0.25, -0.2) is 4.39 Å². The first-order valence-corrected chi connectivity index (χ1v) is 12.6. The van der Waals surface area contributed by atoms with Crippen LogP contribution in [0.1, 0.15) is 67.7 Å². The zero-order valence-corrected chi connectivity index (χ0v) is 20.4. The van der Waals surface area contributed by atoms with Crippen molar-refractivity contribution in [1.82, 2.24) is 10.3 Å². The van der Waals surface area contributed by atoms with Crippen LogP contribution in [0.2, 0.25) is 0 Å². The maximum absolute atomic E-state index is 14.6. The molecular weight excluding hydrogens is 437 g/mol. The Labute approximate surface area is 207 Å². The minimum Gasteiger partial charge on any atom is -0.351 e. The largest absolute Gasteiger partial charge is 0.351 e. The third-order valence-electron chi connectivity index (χ3n) is 6.64. The van der Waals surface area contributed by atoms with Gasteiger partial charge in [-0.1, -0.05) is 98.6 Å². The van der Waals surface area contributed by atoms with Crippen molar-refractivity contribution in [2.24, 2.45) is 5.10 Å². The lowest BCUT2D eigenvalue weighted by Crippen LogP contribution is -2.32. The average Bonchev–Trinajstić information content (AvgIpc) is 3.32. The molecule has 1 aliphatic heterocycles. The van der Waals surface area contributed by atoms with Crippen molar-refractivity contribution in [3.63, 3.8) is 0 Å². The molecule has 1 atom stereocenters. The second-order valence-electron chi connectivity index (χ2n) is 9.08. The molecule has 0 bridgehead atoms. The van der Waals surface area contributed by atoms with Gasteiger partial charge in [0.15, 0.2) is 0 Å². The Morgan fingerprint density at radius 2 is 1.60 bits per heavy atom. The van der Waals surface area contributed by atoms with E-state index in [4.69, 9.17) is 0 Å². The van der Waals surface area contributed by atoms with E-state index in [1.54, 1.807) is 12.1 Å². The zero-order chi connectivity index (χ0) is 24.5. The summed E-state index contributed by atoms with van der Waals surface area (Å²) in [6.07, 6.45) is 4.34. The summed E-state index contributed by atoms with van der Waals surface area (Å²) in [6, 6.07) is 27.3. The molecule has 0 fully saturated rings. The van der Waals surface area contributed by atoms with Crippen LogP contribution in [0.4, 0.5) is 4.39 Å². The van der Waals surface area contributed by atoms with Crippen molar-refractivity contribution in [2.45, 2.75) is 51.0 Å². The quantitative estimate of drug-likeness (QED) is 0.326. The molecule has 1 unspecified atom stereocenters. The van der Waals surface area contributed by atoms with Crippen LogP contribution in [0.3, 0.4) is 0 Å². The molecule has 1 amide bonds. The minimum absolute atomic E-state index is 0.163. The normalized spacial score (nSPS) is 15.3. The fourth-order valence-electron chi connectivity index (χ4n) is 4.77. The summed E-state index contributed by atoms with van der Waals surface area (Å²) in [5, 5.41) is 9.63. The Kier molecular flexibility index (Phi) is 8.66. The maximum atomic E-state index is 14.6. The predicted molar refractivity (Wildman–Crippen MR) is 140 cm³/mol.